The molecule has 0 heterocycles. The van der Waals surface area contributed by atoms with Crippen molar-refractivity contribution < 1.29 is 9.59 Å². The molecule has 0 radical (unpaired) electrons. The first kappa shape index (κ1) is 14.3. The van der Waals surface area contributed by atoms with Gasteiger partial charge in [0.05, 0.1) is 0 Å². The van der Waals surface area contributed by atoms with Crippen LogP contribution in [0, 0.1) is 0 Å². The van der Waals surface area contributed by atoms with Crippen molar-refractivity contribution in [2.75, 3.05) is 5.33 Å². The van der Waals surface area contributed by atoms with Crippen LogP contribution >= 0.6 is 31.9 Å². The molecule has 0 aliphatic carbocycles. The van der Waals surface area contributed by atoms with E-state index in [1.807, 2.05) is 0 Å². The fraction of sp³-hybridized carbons (Fsp3) is 0.800. The minimum absolute atomic E-state index is 0.0937. The minimum Gasteiger partial charge on any atom is -0.298 e. The van der Waals surface area contributed by atoms with Crippen LogP contribution in [-0.4, -0.2) is 21.2 Å². The third-order valence-electron chi connectivity index (χ3n) is 2.27. The average Bonchev–Trinajstić information content (AvgIpc) is 2.11. The van der Waals surface area contributed by atoms with E-state index in [1.54, 1.807) is 0 Å². The average molecular weight is 328 g/mol. The Balaban J connectivity index is 4.12. The molecule has 0 atom stereocenters. The van der Waals surface area contributed by atoms with E-state index in [1.165, 1.54) is 13.8 Å². The number of unbranched alkanes of at least 4 members (excludes halogenated alkanes) is 2. The van der Waals surface area contributed by atoms with Gasteiger partial charge in [0, 0.05) is 5.33 Å². The van der Waals surface area contributed by atoms with E-state index < -0.39 is 4.32 Å². The zero-order chi connectivity index (χ0) is 11.2. The second-order valence-electron chi connectivity index (χ2n) is 3.41. The fourth-order valence-electron chi connectivity index (χ4n) is 1.24. The number of hydrogen-bond donors (Lipinski definition) is 0. The van der Waals surface area contributed by atoms with Crippen LogP contribution in [0.15, 0.2) is 0 Å². The van der Waals surface area contributed by atoms with E-state index >= 15 is 0 Å². The van der Waals surface area contributed by atoms with Crippen LogP contribution < -0.4 is 0 Å². The van der Waals surface area contributed by atoms with Crippen molar-refractivity contribution in [2.45, 2.75) is 43.9 Å². The van der Waals surface area contributed by atoms with E-state index in [4.69, 9.17) is 0 Å². The highest BCUT2D eigenvalue weighted by Gasteiger charge is 2.36. The number of Topliss-reactive ketones (excluding diaryl/α,β-unsaturated/α-hetero) is 2. The normalized spacial score (nSPS) is 11.4. The van der Waals surface area contributed by atoms with E-state index in [2.05, 4.69) is 31.9 Å². The van der Waals surface area contributed by atoms with E-state index in [9.17, 15) is 9.59 Å². The van der Waals surface area contributed by atoms with Crippen molar-refractivity contribution in [3.63, 3.8) is 0 Å². The minimum atomic E-state index is -0.931. The van der Waals surface area contributed by atoms with Crippen molar-refractivity contribution in [2.24, 2.45) is 0 Å². The lowest BCUT2D eigenvalue weighted by Gasteiger charge is -2.20. The maximum absolute atomic E-state index is 11.3. The van der Waals surface area contributed by atoms with Crippen molar-refractivity contribution in [1.29, 1.82) is 0 Å². The molecule has 0 aliphatic rings. The first-order valence-corrected chi connectivity index (χ1v) is 6.63. The SMILES string of the molecule is CC(=O)C(Br)(CCCCCBr)C(C)=O. The predicted molar refractivity (Wildman–Crippen MR) is 65.3 cm³/mol. The van der Waals surface area contributed by atoms with Gasteiger partial charge < -0.3 is 0 Å². The predicted octanol–water partition coefficient (Wildman–Crippen LogP) is 3.25. The van der Waals surface area contributed by atoms with Gasteiger partial charge in [-0.1, -0.05) is 44.7 Å². The van der Waals surface area contributed by atoms with E-state index in [0.717, 1.165) is 24.6 Å². The molecule has 0 aliphatic heterocycles. The number of alkyl halides is 2. The van der Waals surface area contributed by atoms with Gasteiger partial charge in [-0.15, -0.1) is 0 Å². The summed E-state index contributed by atoms with van der Waals surface area (Å²) in [6.07, 6.45) is 3.62. The summed E-state index contributed by atoms with van der Waals surface area (Å²) < 4.78 is -0.931. The summed E-state index contributed by atoms with van der Waals surface area (Å²) in [5.41, 5.74) is 0. The van der Waals surface area contributed by atoms with Crippen molar-refractivity contribution in [3.05, 3.63) is 0 Å². The second-order valence-corrected chi connectivity index (χ2v) is 5.56. The third kappa shape index (κ3) is 4.22. The van der Waals surface area contributed by atoms with Crippen LogP contribution in [0.3, 0.4) is 0 Å². The topological polar surface area (TPSA) is 34.1 Å². The van der Waals surface area contributed by atoms with Crippen molar-refractivity contribution in [1.82, 2.24) is 0 Å². The first-order valence-electron chi connectivity index (χ1n) is 4.72. The molecule has 0 spiro atoms. The highest BCUT2D eigenvalue weighted by atomic mass is 79.9. The van der Waals surface area contributed by atoms with Gasteiger partial charge >= 0.3 is 0 Å². The summed E-state index contributed by atoms with van der Waals surface area (Å²) >= 11 is 6.60. The fourth-order valence-corrected chi connectivity index (χ4v) is 1.92. The highest BCUT2D eigenvalue weighted by molar-refractivity contribution is 9.10. The van der Waals surface area contributed by atoms with Gasteiger partial charge in [0.2, 0.25) is 0 Å². The maximum Gasteiger partial charge on any atom is 0.153 e. The van der Waals surface area contributed by atoms with Crippen molar-refractivity contribution in [3.8, 4) is 0 Å². The quantitative estimate of drug-likeness (QED) is 0.408. The molecule has 0 aromatic carbocycles. The highest BCUT2D eigenvalue weighted by Crippen LogP contribution is 2.27. The summed E-state index contributed by atoms with van der Waals surface area (Å²) in [4.78, 5) is 22.6. The Bertz CT molecular complexity index is 200. The molecule has 0 saturated heterocycles. The van der Waals surface area contributed by atoms with Gasteiger partial charge in [0.25, 0.3) is 0 Å². The summed E-state index contributed by atoms with van der Waals surface area (Å²) in [6.45, 7) is 2.92. The van der Waals surface area contributed by atoms with E-state index in [0.29, 0.717) is 6.42 Å². The van der Waals surface area contributed by atoms with Crippen LogP contribution in [0.1, 0.15) is 39.5 Å². The van der Waals surface area contributed by atoms with Crippen LogP contribution in [0.25, 0.3) is 0 Å². The lowest BCUT2D eigenvalue weighted by molar-refractivity contribution is -0.128. The Hall–Kier alpha value is 0.300. The Kier molecular flexibility index (Phi) is 6.87. The summed E-state index contributed by atoms with van der Waals surface area (Å²) in [7, 11) is 0. The standard InChI is InChI=1S/C10H16Br2O2/c1-8(13)10(12,9(2)14)6-4-3-5-7-11/h3-7H2,1-2H3. The monoisotopic (exact) mass is 326 g/mol. The summed E-state index contributed by atoms with van der Waals surface area (Å²) in [5, 5.41) is 0.975. The molecule has 0 amide bonds. The van der Waals surface area contributed by atoms with Gasteiger partial charge in [-0.3, -0.25) is 9.59 Å². The van der Waals surface area contributed by atoms with Crippen molar-refractivity contribution >= 4 is 43.4 Å². The smallest absolute Gasteiger partial charge is 0.153 e. The molecule has 0 rings (SSSR count). The largest absolute Gasteiger partial charge is 0.298 e. The molecule has 0 saturated carbocycles. The molecule has 14 heavy (non-hydrogen) atoms. The van der Waals surface area contributed by atoms with Gasteiger partial charge in [-0.2, -0.15) is 0 Å². The molecule has 82 valence electrons. The third-order valence-corrected chi connectivity index (χ3v) is 4.34. The molecular weight excluding hydrogens is 312 g/mol. The Morgan fingerprint density at radius 2 is 1.57 bits per heavy atom. The number of halogens is 2. The van der Waals surface area contributed by atoms with Crippen LogP contribution in [-0.2, 0) is 9.59 Å². The van der Waals surface area contributed by atoms with Gasteiger partial charge in [-0.25, -0.2) is 0 Å². The molecular formula is C10H16Br2O2. The molecule has 4 heteroatoms. The number of rotatable bonds is 7. The molecule has 2 nitrogen and oxygen atoms in total. The van der Waals surface area contributed by atoms with Gasteiger partial charge in [0.15, 0.2) is 11.6 Å². The Morgan fingerprint density at radius 3 is 1.93 bits per heavy atom. The molecule has 0 fully saturated rings. The summed E-state index contributed by atoms with van der Waals surface area (Å²) in [6, 6.07) is 0. The van der Waals surface area contributed by atoms with Gasteiger partial charge in [0.1, 0.15) is 4.32 Å². The zero-order valence-electron chi connectivity index (χ0n) is 8.61. The second kappa shape index (κ2) is 6.72. The lowest BCUT2D eigenvalue weighted by atomic mass is 9.94. The first-order chi connectivity index (χ1) is 6.45. The lowest BCUT2D eigenvalue weighted by Crippen LogP contribution is -2.37. The molecule has 0 unspecified atom stereocenters. The number of carbonyl (C=O) groups is 2. The van der Waals surface area contributed by atoms with Crippen LogP contribution in [0.4, 0.5) is 0 Å². The Morgan fingerprint density at radius 1 is 1.07 bits per heavy atom. The molecule has 0 N–H and O–H groups in total. The zero-order valence-corrected chi connectivity index (χ0v) is 11.8. The molecule has 0 bridgehead atoms. The molecule has 0 aromatic heterocycles. The number of carbonyl (C=O) groups excluding carboxylic acids is 2. The number of hydrogen-bond acceptors (Lipinski definition) is 2. The van der Waals surface area contributed by atoms with Gasteiger partial charge in [-0.05, 0) is 26.7 Å². The van der Waals surface area contributed by atoms with E-state index in [-0.39, 0.29) is 11.6 Å². The van der Waals surface area contributed by atoms with Crippen LogP contribution in [0.5, 0.6) is 0 Å². The van der Waals surface area contributed by atoms with Crippen LogP contribution in [0.2, 0.25) is 0 Å². The Labute approximate surface area is 102 Å². The molecule has 0 aromatic rings. The number of ketones is 2. The summed E-state index contributed by atoms with van der Waals surface area (Å²) in [5.74, 6) is -0.187. The maximum atomic E-state index is 11.3.